The number of alkyl halides is 6. The largest absolute Gasteiger partial charge is 0.443 e. The molecule has 0 saturated carbocycles. The quantitative estimate of drug-likeness (QED) is 0.580. The number of aryl methyl sites for hydroxylation is 1. The van der Waals surface area contributed by atoms with Gasteiger partial charge in [-0.1, -0.05) is 0 Å². The number of carbonyl (C=O) groups excluding carboxylic acids is 2. The molecule has 2 rings (SSSR count). The number of Topliss-reactive ketones (excluding diaryl/α,β-unsaturated/α-hetero) is 1. The Morgan fingerprint density at radius 2 is 1.54 bits per heavy atom. The number of furan rings is 1. The summed E-state index contributed by atoms with van der Waals surface area (Å²) in [5.74, 6) is -2.55. The number of halogens is 6. The minimum atomic E-state index is -5.13. The summed E-state index contributed by atoms with van der Waals surface area (Å²) in [5, 5.41) is 11.1. The maximum Gasteiger partial charge on any atom is 0.416 e. The number of nitrogens with zero attached hydrogens (tertiary/aromatic N) is 1. The third-order valence-electron chi connectivity index (χ3n) is 3.63. The van der Waals surface area contributed by atoms with Gasteiger partial charge in [0.25, 0.3) is 5.91 Å². The van der Waals surface area contributed by atoms with E-state index in [1.807, 2.05) is 5.32 Å². The standard InChI is InChI=1S/C17H10F6N2O3/c1-7(26)13-8(2)28-15(12(13)6-24)25-14(27)9-3-10(16(18,19)20)5-11(4-9)17(21,22)23/h3-5H,1-2H3,(H,25,27). The summed E-state index contributed by atoms with van der Waals surface area (Å²) >= 11 is 0. The minimum absolute atomic E-state index is 0.0422. The van der Waals surface area contributed by atoms with Gasteiger partial charge in [-0.25, -0.2) is 0 Å². The van der Waals surface area contributed by atoms with Crippen molar-refractivity contribution >= 4 is 17.6 Å². The Kier molecular flexibility index (Phi) is 5.28. The fourth-order valence-electron chi connectivity index (χ4n) is 2.42. The monoisotopic (exact) mass is 404 g/mol. The molecule has 0 spiro atoms. The van der Waals surface area contributed by atoms with Crippen molar-refractivity contribution in [1.82, 2.24) is 0 Å². The summed E-state index contributed by atoms with van der Waals surface area (Å²) in [5.41, 5.74) is -4.84. The third kappa shape index (κ3) is 4.16. The molecule has 0 saturated heterocycles. The molecule has 0 radical (unpaired) electrons. The summed E-state index contributed by atoms with van der Waals surface area (Å²) < 4.78 is 82.4. The van der Waals surface area contributed by atoms with Gasteiger partial charge in [0.1, 0.15) is 17.4 Å². The lowest BCUT2D eigenvalue weighted by Gasteiger charge is -2.13. The van der Waals surface area contributed by atoms with Crippen LogP contribution in [0.3, 0.4) is 0 Å². The van der Waals surface area contributed by atoms with Crippen LogP contribution in [-0.2, 0) is 12.4 Å². The van der Waals surface area contributed by atoms with E-state index >= 15 is 0 Å². The summed E-state index contributed by atoms with van der Waals surface area (Å²) in [6.45, 7) is 2.42. The van der Waals surface area contributed by atoms with E-state index in [1.165, 1.54) is 6.92 Å². The van der Waals surface area contributed by atoms with E-state index in [0.29, 0.717) is 0 Å². The second-order valence-electron chi connectivity index (χ2n) is 5.65. The molecule has 0 fully saturated rings. The molecule has 0 unspecified atom stereocenters. The summed E-state index contributed by atoms with van der Waals surface area (Å²) in [6.07, 6.45) is -10.3. The number of nitriles is 1. The van der Waals surface area contributed by atoms with Gasteiger partial charge in [0.15, 0.2) is 5.78 Å². The first-order valence-electron chi connectivity index (χ1n) is 7.41. The Hall–Kier alpha value is -3.29. The van der Waals surface area contributed by atoms with Crippen LogP contribution in [0.15, 0.2) is 22.6 Å². The first-order valence-corrected chi connectivity index (χ1v) is 7.41. The second kappa shape index (κ2) is 7.03. The average Bonchev–Trinajstić information content (AvgIpc) is 2.88. The van der Waals surface area contributed by atoms with Gasteiger partial charge < -0.3 is 4.42 Å². The molecule has 0 aliphatic carbocycles. The van der Waals surface area contributed by atoms with Crippen LogP contribution in [0.2, 0.25) is 0 Å². The molecule has 2 aromatic rings. The van der Waals surface area contributed by atoms with Crippen molar-refractivity contribution < 1.29 is 40.3 Å². The van der Waals surface area contributed by atoms with Gasteiger partial charge in [0, 0.05) is 5.56 Å². The molecule has 1 aromatic carbocycles. The van der Waals surface area contributed by atoms with Crippen LogP contribution in [0.5, 0.6) is 0 Å². The number of ketones is 1. The number of hydrogen-bond acceptors (Lipinski definition) is 4. The highest BCUT2D eigenvalue weighted by molar-refractivity contribution is 6.06. The zero-order chi connectivity index (χ0) is 21.4. The SMILES string of the molecule is CC(=O)c1c(C)oc(NC(=O)c2cc(C(F)(F)F)cc(C(F)(F)F)c2)c1C#N. The molecule has 0 aliphatic heterocycles. The van der Waals surface area contributed by atoms with Gasteiger partial charge in [-0.3, -0.25) is 14.9 Å². The molecular formula is C17H10F6N2O3. The Balaban J connectivity index is 2.52. The first-order chi connectivity index (χ1) is 12.8. The van der Waals surface area contributed by atoms with Gasteiger partial charge in [0.2, 0.25) is 5.88 Å². The number of amides is 1. The van der Waals surface area contributed by atoms with Crippen molar-refractivity contribution in [3.63, 3.8) is 0 Å². The molecule has 28 heavy (non-hydrogen) atoms. The van der Waals surface area contributed by atoms with Crippen molar-refractivity contribution in [2.24, 2.45) is 0 Å². The van der Waals surface area contributed by atoms with E-state index < -0.39 is 46.6 Å². The summed E-state index contributed by atoms with van der Waals surface area (Å²) in [7, 11) is 0. The molecule has 5 nitrogen and oxygen atoms in total. The van der Waals surface area contributed by atoms with E-state index in [4.69, 9.17) is 9.68 Å². The lowest BCUT2D eigenvalue weighted by molar-refractivity contribution is -0.143. The van der Waals surface area contributed by atoms with Gasteiger partial charge in [-0.2, -0.15) is 31.6 Å². The molecule has 11 heteroatoms. The molecule has 1 aromatic heterocycles. The maximum absolute atomic E-state index is 12.9. The van der Waals surface area contributed by atoms with Gasteiger partial charge in [-0.15, -0.1) is 0 Å². The van der Waals surface area contributed by atoms with Crippen molar-refractivity contribution in [3.05, 3.63) is 51.8 Å². The molecule has 0 atom stereocenters. The van der Waals surface area contributed by atoms with Crippen LogP contribution in [-0.4, -0.2) is 11.7 Å². The molecule has 0 bridgehead atoms. The van der Waals surface area contributed by atoms with Crippen molar-refractivity contribution in [2.45, 2.75) is 26.2 Å². The smallest absolute Gasteiger partial charge is 0.416 e. The van der Waals surface area contributed by atoms with Crippen LogP contribution in [0, 0.1) is 18.3 Å². The zero-order valence-electron chi connectivity index (χ0n) is 14.2. The normalized spacial score (nSPS) is 11.8. The lowest BCUT2D eigenvalue weighted by atomic mass is 10.0. The minimum Gasteiger partial charge on any atom is -0.443 e. The third-order valence-corrected chi connectivity index (χ3v) is 3.63. The van der Waals surface area contributed by atoms with Crippen LogP contribution in [0.1, 0.15) is 50.1 Å². The van der Waals surface area contributed by atoms with E-state index in [9.17, 15) is 35.9 Å². The van der Waals surface area contributed by atoms with E-state index in [0.717, 1.165) is 6.92 Å². The molecule has 148 valence electrons. The maximum atomic E-state index is 12.9. The highest BCUT2D eigenvalue weighted by Gasteiger charge is 2.37. The topological polar surface area (TPSA) is 83.1 Å². The van der Waals surface area contributed by atoms with Crippen LogP contribution in [0.25, 0.3) is 0 Å². The number of nitrogens with one attached hydrogen (secondary N) is 1. The number of hydrogen-bond donors (Lipinski definition) is 1. The van der Waals surface area contributed by atoms with Gasteiger partial charge in [-0.05, 0) is 32.0 Å². The van der Waals surface area contributed by atoms with Crippen LogP contribution in [0.4, 0.5) is 32.2 Å². The lowest BCUT2D eigenvalue weighted by Crippen LogP contribution is -2.17. The zero-order valence-corrected chi connectivity index (χ0v) is 14.2. The Bertz CT molecular complexity index is 964. The summed E-state index contributed by atoms with van der Waals surface area (Å²) in [4.78, 5) is 23.8. The Morgan fingerprint density at radius 3 is 1.93 bits per heavy atom. The average molecular weight is 404 g/mol. The number of rotatable bonds is 3. The molecule has 1 heterocycles. The highest BCUT2D eigenvalue weighted by atomic mass is 19.4. The number of benzene rings is 1. The summed E-state index contributed by atoms with van der Waals surface area (Å²) in [6, 6.07) is 1.95. The van der Waals surface area contributed by atoms with Crippen LogP contribution < -0.4 is 5.32 Å². The Labute approximate surface area is 153 Å². The number of anilines is 1. The first kappa shape index (κ1) is 21.0. The van der Waals surface area contributed by atoms with Crippen LogP contribution >= 0.6 is 0 Å². The molecular weight excluding hydrogens is 394 g/mol. The van der Waals surface area contributed by atoms with Gasteiger partial charge >= 0.3 is 12.4 Å². The van der Waals surface area contributed by atoms with Crippen molar-refractivity contribution in [2.75, 3.05) is 5.32 Å². The molecule has 0 aliphatic rings. The molecule has 1 amide bonds. The van der Waals surface area contributed by atoms with Crippen molar-refractivity contribution in [3.8, 4) is 6.07 Å². The van der Waals surface area contributed by atoms with Gasteiger partial charge in [0.05, 0.1) is 16.7 Å². The fourth-order valence-corrected chi connectivity index (χ4v) is 2.42. The fraction of sp³-hybridized carbons (Fsp3) is 0.235. The van der Waals surface area contributed by atoms with Crippen molar-refractivity contribution in [1.29, 1.82) is 5.26 Å². The highest BCUT2D eigenvalue weighted by Crippen LogP contribution is 2.36. The second-order valence-corrected chi connectivity index (χ2v) is 5.65. The number of carbonyl (C=O) groups is 2. The van der Waals surface area contributed by atoms with E-state index in [2.05, 4.69) is 0 Å². The predicted molar refractivity (Wildman–Crippen MR) is 82.6 cm³/mol. The Morgan fingerprint density at radius 1 is 1.04 bits per heavy atom. The van der Waals surface area contributed by atoms with E-state index in [1.54, 1.807) is 6.07 Å². The van der Waals surface area contributed by atoms with E-state index in [-0.39, 0.29) is 35.1 Å². The molecule has 1 N–H and O–H groups in total. The predicted octanol–water partition coefficient (Wildman–Crippen LogP) is 4.95.